The fourth-order valence-corrected chi connectivity index (χ4v) is 4.30. The average molecular weight is 356 g/mol. The predicted molar refractivity (Wildman–Crippen MR) is 98.5 cm³/mol. The van der Waals surface area contributed by atoms with Crippen LogP contribution in [-0.4, -0.2) is 49.5 Å². The van der Waals surface area contributed by atoms with Crippen molar-refractivity contribution in [3.8, 4) is 0 Å². The Morgan fingerprint density at radius 2 is 2.12 bits per heavy atom. The molecule has 1 amide bonds. The van der Waals surface area contributed by atoms with E-state index in [2.05, 4.69) is 26.7 Å². The number of nitrogens with zero attached hydrogens (tertiary/aromatic N) is 5. The highest BCUT2D eigenvalue weighted by Crippen LogP contribution is 2.27. The Morgan fingerprint density at radius 3 is 2.88 bits per heavy atom. The predicted octanol–water partition coefficient (Wildman–Crippen LogP) is 1.81. The van der Waals surface area contributed by atoms with Gasteiger partial charge in [-0.2, -0.15) is 0 Å². The van der Waals surface area contributed by atoms with Gasteiger partial charge in [-0.25, -0.2) is 0 Å². The Hall–Kier alpha value is -2.15. The molecule has 1 aliphatic carbocycles. The average Bonchev–Trinajstić information content (AvgIpc) is 3.38. The number of nitrogens with one attached hydrogen (secondary N) is 1. The van der Waals surface area contributed by atoms with Crippen LogP contribution < -0.4 is 5.32 Å². The van der Waals surface area contributed by atoms with Gasteiger partial charge in [0, 0.05) is 38.6 Å². The minimum absolute atomic E-state index is 0.0164. The van der Waals surface area contributed by atoms with E-state index >= 15 is 0 Å². The van der Waals surface area contributed by atoms with Gasteiger partial charge in [0.1, 0.15) is 5.69 Å². The van der Waals surface area contributed by atoms with E-state index in [0.717, 1.165) is 38.0 Å². The second-order valence-electron chi connectivity index (χ2n) is 7.69. The highest BCUT2D eigenvalue weighted by Gasteiger charge is 2.30. The minimum atomic E-state index is 0.0164. The minimum Gasteiger partial charge on any atom is -0.348 e. The number of aryl methyl sites for hydroxylation is 1. The van der Waals surface area contributed by atoms with Crippen LogP contribution >= 0.6 is 0 Å². The largest absolute Gasteiger partial charge is 0.348 e. The smallest absolute Gasteiger partial charge is 0.268 e. The zero-order chi connectivity index (χ0) is 17.9. The Morgan fingerprint density at radius 1 is 1.27 bits per heavy atom. The third kappa shape index (κ3) is 3.82. The second-order valence-corrected chi connectivity index (χ2v) is 7.69. The monoisotopic (exact) mass is 356 g/mol. The van der Waals surface area contributed by atoms with Crippen molar-refractivity contribution in [1.82, 2.24) is 29.8 Å². The van der Waals surface area contributed by atoms with Gasteiger partial charge >= 0.3 is 0 Å². The lowest BCUT2D eigenvalue weighted by Gasteiger charge is -2.21. The summed E-state index contributed by atoms with van der Waals surface area (Å²) >= 11 is 0. The normalized spacial score (nSPS) is 23.6. The van der Waals surface area contributed by atoms with E-state index in [1.54, 1.807) is 0 Å². The zero-order valence-corrected chi connectivity index (χ0v) is 15.5. The summed E-state index contributed by atoms with van der Waals surface area (Å²) in [6.07, 6.45) is 9.87. The molecule has 2 aromatic heterocycles. The number of carbonyl (C=O) groups is 1. The lowest BCUT2D eigenvalue weighted by molar-refractivity contribution is 0.0916. The first-order valence-electron chi connectivity index (χ1n) is 9.72. The third-order valence-electron chi connectivity index (χ3n) is 5.74. The fraction of sp³-hybridized carbons (Fsp3) is 0.632. The van der Waals surface area contributed by atoms with Crippen molar-refractivity contribution >= 4 is 5.91 Å². The van der Waals surface area contributed by atoms with E-state index in [4.69, 9.17) is 0 Å². The van der Waals surface area contributed by atoms with Crippen molar-refractivity contribution < 1.29 is 4.79 Å². The van der Waals surface area contributed by atoms with E-state index < -0.39 is 0 Å². The lowest BCUT2D eigenvalue weighted by Crippen LogP contribution is -2.39. The number of carbonyl (C=O) groups excluding carboxylic acids is 1. The van der Waals surface area contributed by atoms with Gasteiger partial charge < -0.3 is 9.88 Å². The van der Waals surface area contributed by atoms with Crippen LogP contribution in [-0.2, 0) is 20.1 Å². The zero-order valence-electron chi connectivity index (χ0n) is 15.5. The lowest BCUT2D eigenvalue weighted by atomic mass is 10.0. The molecule has 1 aliphatic heterocycles. The highest BCUT2D eigenvalue weighted by molar-refractivity contribution is 5.92. The number of amides is 1. The van der Waals surface area contributed by atoms with Crippen molar-refractivity contribution in [2.75, 3.05) is 13.1 Å². The number of aromatic nitrogens is 4. The van der Waals surface area contributed by atoms with Crippen molar-refractivity contribution in [2.45, 2.75) is 51.2 Å². The Kier molecular flexibility index (Phi) is 5.06. The van der Waals surface area contributed by atoms with Crippen molar-refractivity contribution in [3.05, 3.63) is 35.9 Å². The van der Waals surface area contributed by atoms with E-state index in [1.165, 1.54) is 25.9 Å². The summed E-state index contributed by atoms with van der Waals surface area (Å²) in [4.78, 5) is 14.9. The van der Waals surface area contributed by atoms with Crippen molar-refractivity contribution in [2.24, 2.45) is 13.0 Å². The molecule has 0 aromatic carbocycles. The van der Waals surface area contributed by atoms with E-state index in [-0.39, 0.29) is 11.9 Å². The summed E-state index contributed by atoms with van der Waals surface area (Å²) in [5, 5.41) is 11.9. The molecule has 26 heavy (non-hydrogen) atoms. The molecule has 0 spiro atoms. The molecule has 0 unspecified atom stereocenters. The Bertz CT molecular complexity index is 745. The van der Waals surface area contributed by atoms with Gasteiger partial charge in [0.15, 0.2) is 0 Å². The van der Waals surface area contributed by atoms with Gasteiger partial charge in [0.05, 0.1) is 5.69 Å². The molecule has 1 saturated heterocycles. The maximum atomic E-state index is 12.5. The maximum Gasteiger partial charge on any atom is 0.268 e. The maximum absolute atomic E-state index is 12.5. The number of hydrogen-bond donors (Lipinski definition) is 1. The standard InChI is InChI=1S/C19H28N6O/c1-23-9-5-8-18(23)19(26)20-17-7-4-6-15(17)12-25-14-16(21-22-25)13-24-10-2-3-11-24/h5,8-9,14-15,17H,2-4,6-7,10-13H2,1H3,(H,20,26)/t15-,17-/m1/s1. The summed E-state index contributed by atoms with van der Waals surface area (Å²) < 4.78 is 3.82. The van der Waals surface area contributed by atoms with E-state index in [9.17, 15) is 4.79 Å². The Labute approximate surface area is 154 Å². The van der Waals surface area contributed by atoms with Crippen molar-refractivity contribution in [3.63, 3.8) is 0 Å². The summed E-state index contributed by atoms with van der Waals surface area (Å²) in [6, 6.07) is 3.98. The Balaban J connectivity index is 1.34. The third-order valence-corrected chi connectivity index (χ3v) is 5.74. The first kappa shape index (κ1) is 17.3. The van der Waals surface area contributed by atoms with Crippen molar-refractivity contribution in [1.29, 1.82) is 0 Å². The first-order chi connectivity index (χ1) is 12.7. The molecule has 2 atom stereocenters. The van der Waals surface area contributed by atoms with Gasteiger partial charge in [-0.1, -0.05) is 11.6 Å². The molecule has 0 radical (unpaired) electrons. The summed E-state index contributed by atoms with van der Waals surface area (Å²) in [5.74, 6) is 0.434. The van der Waals surface area contributed by atoms with Gasteiger partial charge in [-0.15, -0.1) is 5.10 Å². The molecule has 2 aliphatic rings. The molecule has 1 saturated carbocycles. The molecule has 4 rings (SSSR count). The molecular formula is C19H28N6O. The SMILES string of the molecule is Cn1cccc1C(=O)N[C@@H]1CCC[C@@H]1Cn1cc(CN2CCCC2)nn1. The molecular weight excluding hydrogens is 328 g/mol. The van der Waals surface area contributed by atoms with Gasteiger partial charge in [-0.05, 0) is 56.8 Å². The van der Waals surface area contributed by atoms with Crippen LogP contribution in [0.2, 0.25) is 0 Å². The van der Waals surface area contributed by atoms with Crippen LogP contribution in [0.25, 0.3) is 0 Å². The molecule has 1 N–H and O–H groups in total. The van der Waals surface area contributed by atoms with Crippen LogP contribution in [0.1, 0.15) is 48.3 Å². The number of rotatable bonds is 6. The number of likely N-dealkylation sites (tertiary alicyclic amines) is 1. The summed E-state index contributed by atoms with van der Waals surface area (Å²) in [5.41, 5.74) is 1.76. The first-order valence-corrected chi connectivity index (χ1v) is 9.72. The molecule has 2 aromatic rings. The van der Waals surface area contributed by atoms with Crippen LogP contribution in [0.3, 0.4) is 0 Å². The molecule has 3 heterocycles. The van der Waals surface area contributed by atoms with Gasteiger partial charge in [-0.3, -0.25) is 14.4 Å². The molecule has 7 nitrogen and oxygen atoms in total. The van der Waals surface area contributed by atoms with E-state index in [0.29, 0.717) is 11.6 Å². The topological polar surface area (TPSA) is 68.0 Å². The second kappa shape index (κ2) is 7.61. The van der Waals surface area contributed by atoms with Crippen LogP contribution in [0.15, 0.2) is 24.5 Å². The van der Waals surface area contributed by atoms with Crippen LogP contribution in [0.4, 0.5) is 0 Å². The highest BCUT2D eigenvalue weighted by atomic mass is 16.2. The quantitative estimate of drug-likeness (QED) is 0.857. The van der Waals surface area contributed by atoms with Crippen LogP contribution in [0.5, 0.6) is 0 Å². The summed E-state index contributed by atoms with van der Waals surface area (Å²) in [7, 11) is 1.90. The molecule has 7 heteroatoms. The number of hydrogen-bond acceptors (Lipinski definition) is 4. The summed E-state index contributed by atoms with van der Waals surface area (Å²) in [6.45, 7) is 4.06. The molecule has 140 valence electrons. The molecule has 2 fully saturated rings. The van der Waals surface area contributed by atoms with Gasteiger partial charge in [0.2, 0.25) is 0 Å². The fourth-order valence-electron chi connectivity index (χ4n) is 4.30. The molecule has 0 bridgehead atoms. The van der Waals surface area contributed by atoms with Crippen LogP contribution in [0, 0.1) is 5.92 Å². The van der Waals surface area contributed by atoms with E-state index in [1.807, 2.05) is 34.6 Å². The van der Waals surface area contributed by atoms with Gasteiger partial charge in [0.25, 0.3) is 5.91 Å².